The van der Waals surface area contributed by atoms with E-state index in [1.54, 1.807) is 0 Å². The summed E-state index contributed by atoms with van der Waals surface area (Å²) in [6.07, 6.45) is 1.06. The van der Waals surface area contributed by atoms with Crippen molar-refractivity contribution in [3.63, 3.8) is 0 Å². The fourth-order valence-electron chi connectivity index (χ4n) is 2.59. The van der Waals surface area contributed by atoms with Crippen molar-refractivity contribution in [3.8, 4) is 0 Å². The zero-order valence-corrected chi connectivity index (χ0v) is 13.9. The maximum absolute atomic E-state index is 6.05. The maximum atomic E-state index is 6.05. The summed E-state index contributed by atoms with van der Waals surface area (Å²) in [6.45, 7) is 9.33. The van der Waals surface area contributed by atoms with E-state index < -0.39 is 0 Å². The molecule has 1 atom stereocenters. The lowest BCUT2D eigenvalue weighted by atomic mass is 9.89. The lowest BCUT2D eigenvalue weighted by molar-refractivity contribution is 0.550. The average Bonchev–Trinajstić information content (AvgIpc) is 2.83. The number of nitrogens with zero attached hydrogens (tertiary/aromatic N) is 2. The number of hydrogen-bond acceptors (Lipinski definition) is 2. The molecule has 0 bridgehead atoms. The zero-order valence-electron chi connectivity index (χ0n) is 13.9. The molecule has 3 heteroatoms. The van der Waals surface area contributed by atoms with Crippen LogP contribution in [-0.4, -0.2) is 16.3 Å². The van der Waals surface area contributed by atoms with Crippen molar-refractivity contribution in [3.05, 3.63) is 52.8 Å². The van der Waals surface area contributed by atoms with Gasteiger partial charge in [0.2, 0.25) is 0 Å². The lowest BCUT2D eigenvalue weighted by Crippen LogP contribution is -2.17. The van der Waals surface area contributed by atoms with Gasteiger partial charge in [-0.2, -0.15) is 5.10 Å². The number of aromatic nitrogens is 2. The van der Waals surface area contributed by atoms with E-state index in [9.17, 15) is 0 Å². The Kier molecular flexibility index (Phi) is 4.52. The van der Waals surface area contributed by atoms with Gasteiger partial charge in [0.1, 0.15) is 0 Å². The summed E-state index contributed by atoms with van der Waals surface area (Å²) in [7, 11) is 2.01. The monoisotopic (exact) mass is 285 g/mol. The Morgan fingerprint density at radius 3 is 2.24 bits per heavy atom. The predicted molar refractivity (Wildman–Crippen MR) is 88.6 cm³/mol. The third-order valence-electron chi connectivity index (χ3n) is 4.07. The van der Waals surface area contributed by atoms with Crippen molar-refractivity contribution in [2.45, 2.75) is 45.4 Å². The highest BCUT2D eigenvalue weighted by molar-refractivity contribution is 5.33. The molecule has 114 valence electrons. The minimum absolute atomic E-state index is 0.0568. The quantitative estimate of drug-likeness (QED) is 0.936. The van der Waals surface area contributed by atoms with Gasteiger partial charge in [-0.1, -0.05) is 52.0 Å². The average molecular weight is 285 g/mol. The highest BCUT2D eigenvalue weighted by Gasteiger charge is 2.23. The zero-order chi connectivity index (χ0) is 15.6. The molecular weight excluding hydrogens is 258 g/mol. The third-order valence-corrected chi connectivity index (χ3v) is 4.07. The van der Waals surface area contributed by atoms with Crippen molar-refractivity contribution >= 4 is 0 Å². The molecule has 2 rings (SSSR count). The Morgan fingerprint density at radius 2 is 1.81 bits per heavy atom. The van der Waals surface area contributed by atoms with Gasteiger partial charge in [0.15, 0.2) is 0 Å². The van der Waals surface area contributed by atoms with Gasteiger partial charge in [-0.05, 0) is 23.6 Å². The smallest absolute Gasteiger partial charge is 0.0681 e. The molecule has 0 amide bonds. The standard InChI is InChI=1S/C18H27N3/c1-6-13-7-9-14(10-8-13)15(12-19)16-11-17(18(2,3)4)20-21(16)5/h7-11,15H,6,12,19H2,1-5H3. The van der Waals surface area contributed by atoms with E-state index in [2.05, 4.69) is 63.1 Å². The molecule has 0 saturated heterocycles. The van der Waals surface area contributed by atoms with Crippen LogP contribution >= 0.6 is 0 Å². The van der Waals surface area contributed by atoms with Crippen LogP contribution in [0.3, 0.4) is 0 Å². The predicted octanol–water partition coefficient (Wildman–Crippen LogP) is 3.37. The van der Waals surface area contributed by atoms with E-state index >= 15 is 0 Å². The molecule has 0 fully saturated rings. The molecule has 1 aromatic heterocycles. The summed E-state index contributed by atoms with van der Waals surface area (Å²) in [4.78, 5) is 0. The summed E-state index contributed by atoms with van der Waals surface area (Å²) in [5.74, 6) is 0.199. The van der Waals surface area contributed by atoms with E-state index in [4.69, 9.17) is 5.73 Å². The molecule has 1 aromatic carbocycles. The Labute approximate surface area is 128 Å². The number of rotatable bonds is 4. The largest absolute Gasteiger partial charge is 0.329 e. The van der Waals surface area contributed by atoms with Gasteiger partial charge in [-0.25, -0.2) is 0 Å². The van der Waals surface area contributed by atoms with Crippen molar-refractivity contribution in [1.82, 2.24) is 9.78 Å². The van der Waals surface area contributed by atoms with Crippen LogP contribution in [0.1, 0.15) is 56.1 Å². The molecule has 0 aliphatic heterocycles. The van der Waals surface area contributed by atoms with Crippen molar-refractivity contribution in [1.29, 1.82) is 0 Å². The topological polar surface area (TPSA) is 43.8 Å². The number of aryl methyl sites for hydroxylation is 2. The highest BCUT2D eigenvalue weighted by atomic mass is 15.3. The normalized spacial score (nSPS) is 13.4. The van der Waals surface area contributed by atoms with E-state index in [-0.39, 0.29) is 11.3 Å². The third kappa shape index (κ3) is 3.35. The highest BCUT2D eigenvalue weighted by Crippen LogP contribution is 2.28. The first kappa shape index (κ1) is 15.8. The van der Waals surface area contributed by atoms with Crippen LogP contribution in [0.25, 0.3) is 0 Å². The molecule has 0 spiro atoms. The van der Waals surface area contributed by atoms with Crippen LogP contribution in [0.5, 0.6) is 0 Å². The van der Waals surface area contributed by atoms with Gasteiger partial charge in [0.05, 0.1) is 5.69 Å². The second-order valence-electron chi connectivity index (χ2n) is 6.71. The van der Waals surface area contributed by atoms with Gasteiger partial charge in [0, 0.05) is 30.6 Å². The Balaban J connectivity index is 2.39. The molecule has 1 heterocycles. The van der Waals surface area contributed by atoms with Crippen LogP contribution in [0, 0.1) is 0 Å². The Morgan fingerprint density at radius 1 is 1.19 bits per heavy atom. The Bertz CT molecular complexity index is 588. The van der Waals surface area contributed by atoms with Gasteiger partial charge in [-0.15, -0.1) is 0 Å². The number of benzene rings is 1. The van der Waals surface area contributed by atoms with Crippen LogP contribution in [0.2, 0.25) is 0 Å². The number of nitrogens with two attached hydrogens (primary N) is 1. The van der Waals surface area contributed by atoms with E-state index in [1.807, 2.05) is 11.7 Å². The molecule has 1 unspecified atom stereocenters. The second-order valence-corrected chi connectivity index (χ2v) is 6.71. The molecule has 3 nitrogen and oxygen atoms in total. The first-order chi connectivity index (χ1) is 9.86. The van der Waals surface area contributed by atoms with E-state index in [0.29, 0.717) is 6.54 Å². The van der Waals surface area contributed by atoms with Crippen LogP contribution in [0.4, 0.5) is 0 Å². The first-order valence-corrected chi connectivity index (χ1v) is 7.70. The lowest BCUT2D eigenvalue weighted by Gasteiger charge is -2.16. The molecule has 2 aromatic rings. The van der Waals surface area contributed by atoms with Crippen molar-refractivity contribution in [2.75, 3.05) is 6.54 Å². The molecule has 0 aliphatic rings. The van der Waals surface area contributed by atoms with E-state index in [0.717, 1.165) is 12.1 Å². The van der Waals surface area contributed by atoms with Gasteiger partial charge >= 0.3 is 0 Å². The fraction of sp³-hybridized carbons (Fsp3) is 0.500. The summed E-state index contributed by atoms with van der Waals surface area (Å²) in [5.41, 5.74) is 11.0. The Hall–Kier alpha value is -1.61. The molecular formula is C18H27N3. The molecule has 0 radical (unpaired) electrons. The fourth-order valence-corrected chi connectivity index (χ4v) is 2.59. The molecule has 0 aliphatic carbocycles. The minimum Gasteiger partial charge on any atom is -0.329 e. The summed E-state index contributed by atoms with van der Waals surface area (Å²) < 4.78 is 1.98. The summed E-state index contributed by atoms with van der Waals surface area (Å²) >= 11 is 0. The molecule has 2 N–H and O–H groups in total. The van der Waals surface area contributed by atoms with Crippen molar-refractivity contribution < 1.29 is 0 Å². The second kappa shape index (κ2) is 6.02. The van der Waals surface area contributed by atoms with Crippen LogP contribution in [0.15, 0.2) is 30.3 Å². The SMILES string of the molecule is CCc1ccc(C(CN)c2cc(C(C)(C)C)nn2C)cc1. The number of hydrogen-bond donors (Lipinski definition) is 1. The van der Waals surface area contributed by atoms with E-state index in [1.165, 1.54) is 16.8 Å². The molecule has 0 saturated carbocycles. The van der Waals surface area contributed by atoms with Gasteiger partial charge < -0.3 is 5.73 Å². The van der Waals surface area contributed by atoms with Crippen LogP contribution in [-0.2, 0) is 18.9 Å². The summed E-state index contributed by atoms with van der Waals surface area (Å²) in [6, 6.07) is 11.0. The van der Waals surface area contributed by atoms with Crippen LogP contribution < -0.4 is 5.73 Å². The first-order valence-electron chi connectivity index (χ1n) is 7.70. The maximum Gasteiger partial charge on any atom is 0.0681 e. The summed E-state index contributed by atoms with van der Waals surface area (Å²) in [5, 5.41) is 4.67. The van der Waals surface area contributed by atoms with Gasteiger partial charge in [-0.3, -0.25) is 4.68 Å². The molecule has 21 heavy (non-hydrogen) atoms. The van der Waals surface area contributed by atoms with Crippen molar-refractivity contribution in [2.24, 2.45) is 12.8 Å². The van der Waals surface area contributed by atoms with Gasteiger partial charge in [0.25, 0.3) is 0 Å². The minimum atomic E-state index is 0.0568.